The molecule has 1 unspecified atom stereocenters. The van der Waals surface area contributed by atoms with E-state index in [1.807, 2.05) is 48.3 Å². The maximum Gasteiger partial charge on any atom is 0.123 e. The van der Waals surface area contributed by atoms with Crippen molar-refractivity contribution in [3.63, 3.8) is 0 Å². The molecule has 0 radical (unpaired) electrons. The van der Waals surface area contributed by atoms with E-state index in [2.05, 4.69) is 27.7 Å². The smallest absolute Gasteiger partial charge is 0.123 e. The number of aryl methyl sites for hydroxylation is 1. The maximum atomic E-state index is 5.92. The molecule has 6 heteroatoms. The van der Waals surface area contributed by atoms with E-state index in [4.69, 9.17) is 11.6 Å². The minimum Gasteiger partial charge on any atom is -0.303 e. The summed E-state index contributed by atoms with van der Waals surface area (Å²) in [4.78, 5) is 4.68. The SMILES string of the molecule is CC(NCc1csc(-c2ccc(Cl)cc2)n1)c1ccnn1C. The molecule has 0 aliphatic heterocycles. The Balaban J connectivity index is 1.65. The Labute approximate surface area is 138 Å². The van der Waals surface area contributed by atoms with Crippen molar-refractivity contribution in [2.24, 2.45) is 7.05 Å². The lowest BCUT2D eigenvalue weighted by molar-refractivity contribution is 0.526. The van der Waals surface area contributed by atoms with Gasteiger partial charge in [0.25, 0.3) is 0 Å². The van der Waals surface area contributed by atoms with E-state index >= 15 is 0 Å². The third kappa shape index (κ3) is 3.38. The van der Waals surface area contributed by atoms with Crippen molar-refractivity contribution < 1.29 is 0 Å². The first kappa shape index (κ1) is 15.2. The number of hydrogen-bond acceptors (Lipinski definition) is 4. The molecule has 3 aromatic rings. The second kappa shape index (κ2) is 6.60. The van der Waals surface area contributed by atoms with Gasteiger partial charge in [0.1, 0.15) is 5.01 Å². The van der Waals surface area contributed by atoms with Gasteiger partial charge in [-0.3, -0.25) is 4.68 Å². The summed E-state index contributed by atoms with van der Waals surface area (Å²) in [6.45, 7) is 2.86. The topological polar surface area (TPSA) is 42.7 Å². The molecular formula is C16H17ClN4S. The zero-order valence-corrected chi connectivity index (χ0v) is 14.0. The van der Waals surface area contributed by atoms with E-state index in [-0.39, 0.29) is 6.04 Å². The molecule has 0 amide bonds. The van der Waals surface area contributed by atoms with Crippen LogP contribution in [0.5, 0.6) is 0 Å². The summed E-state index contributed by atoms with van der Waals surface area (Å²) in [6.07, 6.45) is 1.81. The van der Waals surface area contributed by atoms with Crippen LogP contribution in [0, 0.1) is 0 Å². The minimum atomic E-state index is 0.230. The summed E-state index contributed by atoms with van der Waals surface area (Å²) in [5, 5.41) is 11.5. The Morgan fingerprint density at radius 2 is 2.05 bits per heavy atom. The molecule has 0 aliphatic carbocycles. The minimum absolute atomic E-state index is 0.230. The van der Waals surface area contributed by atoms with E-state index in [9.17, 15) is 0 Å². The zero-order chi connectivity index (χ0) is 15.5. The molecule has 1 atom stereocenters. The second-order valence-corrected chi connectivity index (χ2v) is 6.43. The van der Waals surface area contributed by atoms with E-state index < -0.39 is 0 Å². The lowest BCUT2D eigenvalue weighted by Gasteiger charge is -2.13. The maximum absolute atomic E-state index is 5.92. The van der Waals surface area contributed by atoms with Crippen molar-refractivity contribution in [1.82, 2.24) is 20.1 Å². The highest BCUT2D eigenvalue weighted by Crippen LogP contribution is 2.25. The molecule has 0 saturated heterocycles. The fourth-order valence-corrected chi connectivity index (χ4v) is 3.24. The van der Waals surface area contributed by atoms with Gasteiger partial charge in [-0.25, -0.2) is 4.98 Å². The summed E-state index contributed by atoms with van der Waals surface area (Å²) in [6, 6.07) is 10.0. The van der Waals surface area contributed by atoms with Crippen LogP contribution in [-0.4, -0.2) is 14.8 Å². The van der Waals surface area contributed by atoms with E-state index in [0.29, 0.717) is 0 Å². The molecule has 2 aromatic heterocycles. The van der Waals surface area contributed by atoms with Crippen LogP contribution in [0.15, 0.2) is 41.9 Å². The highest BCUT2D eigenvalue weighted by Gasteiger charge is 2.10. The molecule has 0 aliphatic rings. The first-order valence-electron chi connectivity index (χ1n) is 7.05. The monoisotopic (exact) mass is 332 g/mol. The van der Waals surface area contributed by atoms with Crippen LogP contribution in [0.25, 0.3) is 10.6 Å². The first-order chi connectivity index (χ1) is 10.6. The molecule has 3 rings (SSSR count). The van der Waals surface area contributed by atoms with E-state index in [1.165, 1.54) is 0 Å². The number of halogens is 1. The van der Waals surface area contributed by atoms with Crippen LogP contribution in [0.4, 0.5) is 0 Å². The summed E-state index contributed by atoms with van der Waals surface area (Å²) in [5.41, 5.74) is 3.30. The van der Waals surface area contributed by atoms with Crippen molar-refractivity contribution in [2.45, 2.75) is 19.5 Å². The molecule has 0 bridgehead atoms. The van der Waals surface area contributed by atoms with Crippen LogP contribution in [0.2, 0.25) is 5.02 Å². The van der Waals surface area contributed by atoms with Gasteiger partial charge in [-0.1, -0.05) is 23.7 Å². The van der Waals surface area contributed by atoms with E-state index in [1.54, 1.807) is 11.3 Å². The van der Waals surface area contributed by atoms with Crippen LogP contribution in [0.1, 0.15) is 24.4 Å². The molecule has 1 aromatic carbocycles. The molecule has 0 saturated carbocycles. The predicted octanol–water partition coefficient (Wildman–Crippen LogP) is 4.05. The lowest BCUT2D eigenvalue weighted by Crippen LogP contribution is -2.20. The summed E-state index contributed by atoms with van der Waals surface area (Å²) in [5.74, 6) is 0. The van der Waals surface area contributed by atoms with Crippen molar-refractivity contribution in [2.75, 3.05) is 0 Å². The first-order valence-corrected chi connectivity index (χ1v) is 8.31. The molecule has 114 valence electrons. The Kier molecular flexibility index (Phi) is 4.57. The average Bonchev–Trinajstić information content (AvgIpc) is 3.14. The fraction of sp³-hybridized carbons (Fsp3) is 0.250. The summed E-state index contributed by atoms with van der Waals surface area (Å²) in [7, 11) is 1.95. The normalized spacial score (nSPS) is 12.5. The van der Waals surface area contributed by atoms with Gasteiger partial charge in [0.2, 0.25) is 0 Å². The van der Waals surface area contributed by atoms with E-state index in [0.717, 1.165) is 33.5 Å². The van der Waals surface area contributed by atoms with Gasteiger partial charge in [0.15, 0.2) is 0 Å². The zero-order valence-electron chi connectivity index (χ0n) is 12.5. The van der Waals surface area contributed by atoms with Crippen LogP contribution in [-0.2, 0) is 13.6 Å². The number of rotatable bonds is 5. The third-order valence-electron chi connectivity index (χ3n) is 3.53. The number of nitrogens with zero attached hydrogens (tertiary/aromatic N) is 3. The molecule has 2 heterocycles. The highest BCUT2D eigenvalue weighted by molar-refractivity contribution is 7.13. The fourth-order valence-electron chi connectivity index (χ4n) is 2.28. The van der Waals surface area contributed by atoms with Gasteiger partial charge in [-0.05, 0) is 25.1 Å². The van der Waals surface area contributed by atoms with Crippen molar-refractivity contribution in [3.05, 3.63) is 58.3 Å². The van der Waals surface area contributed by atoms with Crippen LogP contribution in [0.3, 0.4) is 0 Å². The van der Waals surface area contributed by atoms with Gasteiger partial charge in [0.05, 0.1) is 11.4 Å². The number of hydrogen-bond donors (Lipinski definition) is 1. The van der Waals surface area contributed by atoms with Gasteiger partial charge >= 0.3 is 0 Å². The third-order valence-corrected chi connectivity index (χ3v) is 4.73. The molecule has 0 spiro atoms. The molecule has 4 nitrogen and oxygen atoms in total. The van der Waals surface area contributed by atoms with Crippen molar-refractivity contribution in [1.29, 1.82) is 0 Å². The van der Waals surface area contributed by atoms with Gasteiger partial charge in [-0.15, -0.1) is 11.3 Å². The average molecular weight is 333 g/mol. The predicted molar refractivity (Wildman–Crippen MR) is 91.0 cm³/mol. The summed E-state index contributed by atoms with van der Waals surface area (Å²) >= 11 is 7.57. The Hall–Kier alpha value is -1.69. The van der Waals surface area contributed by atoms with Gasteiger partial charge in [-0.2, -0.15) is 5.10 Å². The van der Waals surface area contributed by atoms with Crippen LogP contribution < -0.4 is 5.32 Å². The van der Waals surface area contributed by atoms with Crippen molar-refractivity contribution >= 4 is 22.9 Å². The lowest BCUT2D eigenvalue weighted by atomic mass is 10.2. The summed E-state index contributed by atoms with van der Waals surface area (Å²) < 4.78 is 1.89. The van der Waals surface area contributed by atoms with Gasteiger partial charge in [0, 0.05) is 41.8 Å². The number of thiazole rings is 1. The second-order valence-electron chi connectivity index (χ2n) is 5.13. The largest absolute Gasteiger partial charge is 0.303 e. The standard InChI is InChI=1S/C16H17ClN4S/c1-11(15-7-8-19-21(15)2)18-9-14-10-22-16(20-14)12-3-5-13(17)6-4-12/h3-8,10-11,18H,9H2,1-2H3. The van der Waals surface area contributed by atoms with Crippen LogP contribution >= 0.6 is 22.9 Å². The Morgan fingerprint density at radius 1 is 1.27 bits per heavy atom. The number of benzene rings is 1. The quantitative estimate of drug-likeness (QED) is 0.766. The highest BCUT2D eigenvalue weighted by atomic mass is 35.5. The van der Waals surface area contributed by atoms with Crippen molar-refractivity contribution in [3.8, 4) is 10.6 Å². The molecule has 22 heavy (non-hydrogen) atoms. The van der Waals surface area contributed by atoms with Gasteiger partial charge < -0.3 is 5.32 Å². The number of nitrogens with one attached hydrogen (secondary N) is 1. The number of aromatic nitrogens is 3. The molecule has 1 N–H and O–H groups in total. The molecule has 0 fully saturated rings. The Bertz CT molecular complexity index is 748. The Morgan fingerprint density at radius 3 is 2.73 bits per heavy atom. The molecular weight excluding hydrogens is 316 g/mol.